The number of ketones is 1. The first-order valence-electron chi connectivity index (χ1n) is 12.1. The van der Waals surface area contributed by atoms with Crippen molar-refractivity contribution in [3.05, 3.63) is 64.3 Å². The normalized spacial score (nSPS) is 16.1. The van der Waals surface area contributed by atoms with Gasteiger partial charge in [-0.15, -0.1) is 0 Å². The molecule has 0 unspecified atom stereocenters. The van der Waals surface area contributed by atoms with E-state index in [0.717, 1.165) is 47.5 Å². The molecule has 1 saturated carbocycles. The molecule has 1 saturated heterocycles. The molecule has 1 aromatic heterocycles. The highest BCUT2D eigenvalue weighted by atomic mass is 35.5. The molecule has 1 aliphatic heterocycles. The number of aromatic nitrogens is 2. The molecule has 0 spiro atoms. The predicted molar refractivity (Wildman–Crippen MR) is 132 cm³/mol. The Morgan fingerprint density at radius 2 is 1.88 bits per heavy atom. The van der Waals surface area contributed by atoms with Crippen LogP contribution in [0.3, 0.4) is 0 Å². The smallest absolute Gasteiger partial charge is 0.253 e. The van der Waals surface area contributed by atoms with Crippen LogP contribution >= 0.6 is 11.6 Å². The lowest BCUT2D eigenvalue weighted by Gasteiger charge is -2.39. The number of ether oxygens (including phenoxy) is 1. The van der Waals surface area contributed by atoms with E-state index in [9.17, 15) is 9.59 Å². The molecule has 2 aliphatic rings. The highest BCUT2D eigenvalue weighted by Crippen LogP contribution is 2.29. The number of benzene rings is 2. The maximum atomic E-state index is 12.8. The Kier molecular flexibility index (Phi) is 6.70. The molecule has 1 aliphatic carbocycles. The number of carbonyl (C=O) groups excluding carboxylic acids is 2. The van der Waals surface area contributed by atoms with Crippen molar-refractivity contribution in [2.75, 3.05) is 26.3 Å². The zero-order valence-electron chi connectivity index (χ0n) is 19.5. The number of likely N-dealkylation sites (tertiary alicyclic amines) is 1. The van der Waals surface area contributed by atoms with Crippen LogP contribution in [-0.4, -0.2) is 52.7 Å². The van der Waals surface area contributed by atoms with Gasteiger partial charge in [-0.2, -0.15) is 5.10 Å². The predicted octanol–water partition coefficient (Wildman–Crippen LogP) is 5.16. The molecule has 2 fully saturated rings. The Balaban J connectivity index is 1.15. The first kappa shape index (κ1) is 23.1. The summed E-state index contributed by atoms with van der Waals surface area (Å²) in [6.07, 6.45) is 5.84. The number of nitrogens with zero attached hydrogens (tertiary/aromatic N) is 3. The third-order valence-corrected chi connectivity index (χ3v) is 6.97. The minimum atomic E-state index is 0.0373. The minimum absolute atomic E-state index is 0.0373. The van der Waals surface area contributed by atoms with Gasteiger partial charge in [0.1, 0.15) is 0 Å². The van der Waals surface area contributed by atoms with Gasteiger partial charge >= 0.3 is 0 Å². The number of halogens is 1. The Labute approximate surface area is 204 Å². The fraction of sp³-hybridized carbons (Fsp3) is 0.444. The van der Waals surface area contributed by atoms with E-state index in [2.05, 4.69) is 0 Å². The maximum Gasteiger partial charge on any atom is 0.253 e. The molecular formula is C27H30ClN3O3. The summed E-state index contributed by atoms with van der Waals surface area (Å²) in [5, 5.41) is 6.32. The minimum Gasteiger partial charge on any atom is -0.381 e. The van der Waals surface area contributed by atoms with Crippen LogP contribution in [-0.2, 0) is 11.3 Å². The van der Waals surface area contributed by atoms with Crippen LogP contribution < -0.4 is 0 Å². The number of rotatable bonds is 10. The van der Waals surface area contributed by atoms with E-state index in [0.29, 0.717) is 42.6 Å². The molecule has 1 amide bonds. The van der Waals surface area contributed by atoms with Gasteiger partial charge in [0, 0.05) is 72.9 Å². The van der Waals surface area contributed by atoms with Crippen molar-refractivity contribution in [1.29, 1.82) is 0 Å². The summed E-state index contributed by atoms with van der Waals surface area (Å²) in [5.41, 5.74) is 3.30. The molecule has 3 aromatic rings. The van der Waals surface area contributed by atoms with Crippen LogP contribution in [0.4, 0.5) is 0 Å². The van der Waals surface area contributed by atoms with E-state index in [4.69, 9.17) is 21.4 Å². The van der Waals surface area contributed by atoms with E-state index in [1.807, 2.05) is 34.8 Å². The van der Waals surface area contributed by atoms with Crippen LogP contribution in [0.5, 0.6) is 0 Å². The molecular weight excluding hydrogens is 450 g/mol. The summed E-state index contributed by atoms with van der Waals surface area (Å²) in [7, 11) is 0. The summed E-state index contributed by atoms with van der Waals surface area (Å²) >= 11 is 5.91. The zero-order chi connectivity index (χ0) is 23.7. The van der Waals surface area contributed by atoms with E-state index >= 15 is 0 Å². The van der Waals surface area contributed by atoms with Crippen LogP contribution in [0.2, 0.25) is 5.02 Å². The molecule has 0 radical (unpaired) electrons. The largest absolute Gasteiger partial charge is 0.381 e. The highest BCUT2D eigenvalue weighted by molar-refractivity contribution is 6.30. The molecule has 2 heterocycles. The molecule has 5 rings (SSSR count). The van der Waals surface area contributed by atoms with Crippen molar-refractivity contribution in [2.45, 2.75) is 39.2 Å². The molecule has 6 nitrogen and oxygen atoms in total. The Bertz CT molecular complexity index is 1190. The molecule has 2 aromatic carbocycles. The van der Waals surface area contributed by atoms with Gasteiger partial charge in [0.05, 0.1) is 5.52 Å². The number of aryl methyl sites for hydroxylation is 1. The van der Waals surface area contributed by atoms with Gasteiger partial charge in [-0.3, -0.25) is 14.3 Å². The molecule has 178 valence electrons. The Hall–Kier alpha value is -2.70. The van der Waals surface area contributed by atoms with Gasteiger partial charge in [0.15, 0.2) is 5.78 Å². The second kappa shape index (κ2) is 9.88. The van der Waals surface area contributed by atoms with E-state index < -0.39 is 0 Å². The van der Waals surface area contributed by atoms with Gasteiger partial charge in [-0.25, -0.2) is 0 Å². The monoisotopic (exact) mass is 479 g/mol. The molecule has 7 heteroatoms. The molecule has 34 heavy (non-hydrogen) atoms. The van der Waals surface area contributed by atoms with Crippen LogP contribution in [0.15, 0.2) is 42.6 Å². The second-order valence-electron chi connectivity index (χ2n) is 9.71. The number of amides is 1. The van der Waals surface area contributed by atoms with Crippen LogP contribution in [0, 0.1) is 18.8 Å². The Morgan fingerprint density at radius 3 is 2.62 bits per heavy atom. The summed E-state index contributed by atoms with van der Waals surface area (Å²) in [6.45, 7) is 5.64. The van der Waals surface area contributed by atoms with Gasteiger partial charge in [0.2, 0.25) is 0 Å². The SMILES string of the molecule is Cc1cc2nn(CC3CN(C(=O)c4ccc(Cl)cc4)C3)cc2cc1C(=O)CCCOCC1CC1. The third kappa shape index (κ3) is 5.34. The fourth-order valence-electron chi connectivity index (χ4n) is 4.52. The van der Waals surface area contributed by atoms with Gasteiger partial charge in [0.25, 0.3) is 5.91 Å². The lowest BCUT2D eigenvalue weighted by atomic mass is 9.98. The first-order chi connectivity index (χ1) is 16.5. The van der Waals surface area contributed by atoms with Crippen LogP contribution in [0.25, 0.3) is 10.9 Å². The van der Waals surface area contributed by atoms with Crippen molar-refractivity contribution in [3.8, 4) is 0 Å². The topological polar surface area (TPSA) is 64.4 Å². The fourth-order valence-corrected chi connectivity index (χ4v) is 4.64. The zero-order valence-corrected chi connectivity index (χ0v) is 20.3. The molecule has 0 atom stereocenters. The third-order valence-electron chi connectivity index (χ3n) is 6.72. The van der Waals surface area contributed by atoms with Gasteiger partial charge < -0.3 is 9.64 Å². The standard InChI is InChI=1S/C27H30ClN3O3/c1-18-11-25-22(12-24(18)26(32)3-2-10-34-17-19-4-5-19)16-31(29-25)15-20-13-30(14-20)27(33)21-6-8-23(28)9-7-21/h6-9,11-12,16,19-20H,2-5,10,13-15,17H2,1H3. The summed E-state index contributed by atoms with van der Waals surface area (Å²) in [6, 6.07) is 11.0. The van der Waals surface area contributed by atoms with Crippen molar-refractivity contribution >= 4 is 34.2 Å². The summed E-state index contributed by atoms with van der Waals surface area (Å²) in [4.78, 5) is 27.2. The van der Waals surface area contributed by atoms with Gasteiger partial charge in [-0.05, 0) is 74.1 Å². The number of hydrogen-bond donors (Lipinski definition) is 0. The summed E-state index contributed by atoms with van der Waals surface area (Å²) in [5.74, 6) is 1.32. The number of fused-ring (bicyclic) bond motifs is 1. The van der Waals surface area contributed by atoms with Gasteiger partial charge in [-0.1, -0.05) is 11.6 Å². The first-order valence-corrected chi connectivity index (χ1v) is 12.5. The molecule has 0 N–H and O–H groups in total. The number of hydrogen-bond acceptors (Lipinski definition) is 4. The Morgan fingerprint density at radius 1 is 1.12 bits per heavy atom. The second-order valence-corrected chi connectivity index (χ2v) is 10.1. The number of carbonyl (C=O) groups is 2. The molecule has 0 bridgehead atoms. The number of Topliss-reactive ketones (excluding diaryl/α,β-unsaturated/α-hetero) is 1. The summed E-state index contributed by atoms with van der Waals surface area (Å²) < 4.78 is 7.60. The van der Waals surface area contributed by atoms with Crippen LogP contribution in [0.1, 0.15) is 52.0 Å². The highest BCUT2D eigenvalue weighted by Gasteiger charge is 2.31. The van der Waals surface area contributed by atoms with E-state index in [1.165, 1.54) is 12.8 Å². The van der Waals surface area contributed by atoms with Crippen molar-refractivity contribution in [3.63, 3.8) is 0 Å². The van der Waals surface area contributed by atoms with Crippen molar-refractivity contribution < 1.29 is 14.3 Å². The van der Waals surface area contributed by atoms with E-state index in [-0.39, 0.29) is 11.7 Å². The van der Waals surface area contributed by atoms with Crippen molar-refractivity contribution in [2.24, 2.45) is 11.8 Å². The lowest BCUT2D eigenvalue weighted by molar-refractivity contribution is 0.0462. The average molecular weight is 480 g/mol. The van der Waals surface area contributed by atoms with Crippen molar-refractivity contribution in [1.82, 2.24) is 14.7 Å². The maximum absolute atomic E-state index is 12.8. The van der Waals surface area contributed by atoms with E-state index in [1.54, 1.807) is 24.3 Å². The lowest BCUT2D eigenvalue weighted by Crippen LogP contribution is -2.51. The quantitative estimate of drug-likeness (QED) is 0.297. The average Bonchev–Trinajstić information content (AvgIpc) is 3.53.